The van der Waals surface area contributed by atoms with E-state index < -0.39 is 97.4 Å². The molecule has 306 valence electrons. The number of carbonyl (C=O) groups is 7. The van der Waals surface area contributed by atoms with Crippen LogP contribution in [0.1, 0.15) is 72.8 Å². The minimum Gasteiger partial charge on any atom is -0.494 e. The van der Waals surface area contributed by atoms with Crippen molar-refractivity contribution in [2.24, 2.45) is 11.8 Å². The predicted octanol–water partition coefficient (Wildman–Crippen LogP) is 3.33. The van der Waals surface area contributed by atoms with E-state index in [0.717, 1.165) is 33.3 Å². The Morgan fingerprint density at radius 1 is 0.786 bits per heavy atom. The molecule has 1 fully saturated rings. The second-order valence-electron chi connectivity index (χ2n) is 13.4. The third kappa shape index (κ3) is 12.1. The number of hydrogen-bond donors (Lipinski definition) is 0. The van der Waals surface area contributed by atoms with E-state index in [9.17, 15) is 33.6 Å². The molecule has 3 heterocycles. The summed E-state index contributed by atoms with van der Waals surface area (Å²) < 4.78 is 56.6. The summed E-state index contributed by atoms with van der Waals surface area (Å²) in [7, 11) is 1.22. The Balaban J connectivity index is 1.59. The molecule has 17 nitrogen and oxygen atoms in total. The van der Waals surface area contributed by atoms with Crippen molar-refractivity contribution in [3.63, 3.8) is 0 Å². The van der Waals surface area contributed by atoms with Gasteiger partial charge in [0.15, 0.2) is 24.1 Å². The van der Waals surface area contributed by atoms with E-state index in [-0.39, 0.29) is 24.2 Å². The van der Waals surface area contributed by atoms with E-state index in [4.69, 9.17) is 47.4 Å². The van der Waals surface area contributed by atoms with Crippen LogP contribution in [0.25, 0.3) is 0 Å². The highest BCUT2D eigenvalue weighted by Crippen LogP contribution is 2.41. The zero-order chi connectivity index (χ0) is 41.1. The fourth-order valence-electron chi connectivity index (χ4n) is 6.86. The molecule has 0 radical (unpaired) electrons. The summed E-state index contributed by atoms with van der Waals surface area (Å²) in [4.78, 5) is 85.9. The first-order valence-corrected chi connectivity index (χ1v) is 18.2. The van der Waals surface area contributed by atoms with Crippen LogP contribution in [0.2, 0.25) is 0 Å². The Morgan fingerprint density at radius 3 is 2.02 bits per heavy atom. The second-order valence-corrected chi connectivity index (χ2v) is 13.4. The molecule has 56 heavy (non-hydrogen) atoms. The maximum atomic E-state index is 13.1. The number of ether oxygens (including phenoxy) is 10. The van der Waals surface area contributed by atoms with E-state index in [1.165, 1.54) is 26.4 Å². The topological polar surface area (TPSA) is 212 Å². The number of esters is 6. The molecule has 3 aliphatic heterocycles. The smallest absolute Gasteiger partial charge is 0.337 e. The van der Waals surface area contributed by atoms with Crippen molar-refractivity contribution in [1.29, 1.82) is 0 Å². The monoisotopic (exact) mass is 788 g/mol. The lowest BCUT2D eigenvalue weighted by atomic mass is 9.78. The Bertz CT molecular complexity index is 1680. The minimum absolute atomic E-state index is 0.0358. The van der Waals surface area contributed by atoms with Gasteiger partial charge in [-0.1, -0.05) is 19.1 Å². The Morgan fingerprint density at radius 2 is 1.43 bits per heavy atom. The average Bonchev–Trinajstić information content (AvgIpc) is 3.11. The first-order valence-electron chi connectivity index (χ1n) is 18.2. The van der Waals surface area contributed by atoms with E-state index in [2.05, 4.69) is 0 Å². The lowest BCUT2D eigenvalue weighted by Gasteiger charge is -2.46. The lowest BCUT2D eigenvalue weighted by molar-refractivity contribution is -0.344. The first-order chi connectivity index (χ1) is 26.6. The highest BCUT2D eigenvalue weighted by Gasteiger charge is 2.54. The third-order valence-corrected chi connectivity index (χ3v) is 9.13. The molecule has 0 unspecified atom stereocenters. The van der Waals surface area contributed by atoms with E-state index in [1.807, 2.05) is 19.1 Å². The average molecular weight is 789 g/mol. The van der Waals surface area contributed by atoms with Gasteiger partial charge in [0.1, 0.15) is 30.3 Å². The van der Waals surface area contributed by atoms with Crippen molar-refractivity contribution < 1.29 is 80.9 Å². The van der Waals surface area contributed by atoms with Gasteiger partial charge in [0, 0.05) is 65.4 Å². The zero-order valence-electron chi connectivity index (χ0n) is 32.3. The van der Waals surface area contributed by atoms with E-state index in [1.54, 1.807) is 12.1 Å². The van der Waals surface area contributed by atoms with E-state index in [0.29, 0.717) is 30.8 Å². The fourth-order valence-corrected chi connectivity index (χ4v) is 6.86. The maximum Gasteiger partial charge on any atom is 0.337 e. The van der Waals surface area contributed by atoms with Crippen molar-refractivity contribution in [3.05, 3.63) is 53.5 Å². The normalized spacial score (nSPS) is 27.2. The van der Waals surface area contributed by atoms with Gasteiger partial charge in [0.25, 0.3) is 0 Å². The largest absolute Gasteiger partial charge is 0.494 e. The number of benzene rings is 1. The molecule has 1 aromatic carbocycles. The molecule has 3 aliphatic rings. The number of allylic oxidation sites excluding steroid dienone is 2. The molecule has 0 aliphatic carbocycles. The number of ketones is 1. The van der Waals surface area contributed by atoms with Crippen LogP contribution >= 0.6 is 0 Å². The molecule has 9 atom stereocenters. The summed E-state index contributed by atoms with van der Waals surface area (Å²) >= 11 is 0. The summed E-state index contributed by atoms with van der Waals surface area (Å²) in [5.74, 6) is -4.74. The predicted molar refractivity (Wildman–Crippen MR) is 189 cm³/mol. The first kappa shape index (κ1) is 43.4. The van der Waals surface area contributed by atoms with Gasteiger partial charge < -0.3 is 47.4 Å². The van der Waals surface area contributed by atoms with Gasteiger partial charge in [-0.15, -0.1) is 0 Å². The number of hydrogen-bond acceptors (Lipinski definition) is 17. The van der Waals surface area contributed by atoms with Crippen molar-refractivity contribution in [1.82, 2.24) is 0 Å². The van der Waals surface area contributed by atoms with Crippen LogP contribution in [0, 0.1) is 11.8 Å². The molecule has 4 rings (SSSR count). The molecule has 17 heteroatoms. The molecular weight excluding hydrogens is 740 g/mol. The van der Waals surface area contributed by atoms with Gasteiger partial charge in [-0.2, -0.15) is 0 Å². The van der Waals surface area contributed by atoms with Crippen molar-refractivity contribution in [2.75, 3.05) is 13.7 Å². The van der Waals surface area contributed by atoms with Crippen LogP contribution in [0.15, 0.2) is 47.9 Å². The zero-order valence-corrected chi connectivity index (χ0v) is 32.3. The molecule has 0 amide bonds. The van der Waals surface area contributed by atoms with Crippen molar-refractivity contribution in [2.45, 2.75) is 117 Å². The highest BCUT2D eigenvalue weighted by molar-refractivity contribution is 5.91. The van der Waals surface area contributed by atoms with Crippen LogP contribution in [0.5, 0.6) is 5.75 Å². The van der Waals surface area contributed by atoms with Gasteiger partial charge in [-0.05, 0) is 37.0 Å². The van der Waals surface area contributed by atoms with Gasteiger partial charge in [0.2, 0.25) is 12.6 Å². The standard InChI is InChI=1S/C39H48O17/c1-8-30-31(17-29-16-26(45)15-28(54-29)14-11-25-9-12-27(13-10-25)50-21(3)41)32(37(46)47-7)18-49-38(30)56-39-36(53-24(6)44)35(52-23(5)43)34(51-22(4)42)33(55-39)19-48-20(2)40/h9-10,12-13,15,18,29-31,33-36,38-39H,8,11,14,16-17,19H2,1-7H3/t29-,30-,31+,33-,34-,35+,36-,38+,39+/m1/s1. The number of methoxy groups -OCH3 is 1. The Labute approximate surface area is 323 Å². The van der Waals surface area contributed by atoms with Crippen LogP contribution in [-0.4, -0.2) is 98.4 Å². The van der Waals surface area contributed by atoms with Crippen LogP contribution < -0.4 is 4.74 Å². The van der Waals surface area contributed by atoms with Gasteiger partial charge in [-0.25, -0.2) is 4.79 Å². The SMILES string of the molecule is CC[C@H]1[C@H](O[C@@H]2O[C@H](COC(C)=O)[C@@H](OC(C)=O)[C@H](OC(C)=O)[C@H]2OC(C)=O)OC=C(C(=O)OC)[C@H]1C[C@H]1CC(=O)C=C(CCc2ccc(OC(C)=O)cc2)O1. The van der Waals surface area contributed by atoms with Crippen molar-refractivity contribution >= 4 is 41.6 Å². The molecular formula is C39H48O17. The molecule has 0 saturated carbocycles. The van der Waals surface area contributed by atoms with Crippen LogP contribution in [-0.2, 0) is 82.6 Å². The Kier molecular flexibility index (Phi) is 15.5. The fraction of sp³-hybridized carbons (Fsp3) is 0.564. The number of rotatable bonds is 15. The molecule has 1 aromatic rings. The van der Waals surface area contributed by atoms with Crippen LogP contribution in [0.4, 0.5) is 0 Å². The number of aryl methyl sites for hydroxylation is 1. The minimum atomic E-state index is -1.55. The van der Waals surface area contributed by atoms with E-state index >= 15 is 0 Å². The summed E-state index contributed by atoms with van der Waals surface area (Å²) in [5.41, 5.74) is 1.09. The summed E-state index contributed by atoms with van der Waals surface area (Å²) in [6, 6.07) is 6.98. The summed E-state index contributed by atoms with van der Waals surface area (Å²) in [6.45, 7) is 7.16. The summed E-state index contributed by atoms with van der Waals surface area (Å²) in [6.07, 6.45) is -4.89. The molecule has 0 spiro atoms. The Hall–Kier alpha value is -5.29. The van der Waals surface area contributed by atoms with Gasteiger partial charge >= 0.3 is 35.8 Å². The lowest BCUT2D eigenvalue weighted by Crippen LogP contribution is -2.63. The quantitative estimate of drug-likeness (QED) is 0.142. The van der Waals surface area contributed by atoms with Gasteiger partial charge in [0.05, 0.1) is 18.9 Å². The van der Waals surface area contributed by atoms with Crippen molar-refractivity contribution in [3.8, 4) is 5.75 Å². The maximum absolute atomic E-state index is 13.1. The highest BCUT2D eigenvalue weighted by atomic mass is 16.8. The molecule has 1 saturated heterocycles. The second kappa shape index (κ2) is 20.0. The number of carbonyl (C=O) groups excluding carboxylic acids is 7. The summed E-state index contributed by atoms with van der Waals surface area (Å²) in [5, 5.41) is 0. The van der Waals surface area contributed by atoms with Gasteiger partial charge in [-0.3, -0.25) is 28.8 Å². The molecule has 0 N–H and O–H groups in total. The third-order valence-electron chi connectivity index (χ3n) is 9.13. The molecule has 0 bridgehead atoms. The van der Waals surface area contributed by atoms with Crippen LogP contribution in [0.3, 0.4) is 0 Å². The molecule has 0 aromatic heterocycles.